The SMILES string of the molecule is Cc1cc([C@H]2OC(=O)N(Cc3nc(N4CCCC4)ccc3-c3cc(CCC(=O)O)ccc3C)[C@H]2C)cc(C(F)(F)F)c1. The van der Waals surface area contributed by atoms with Gasteiger partial charge in [0, 0.05) is 25.1 Å². The van der Waals surface area contributed by atoms with Crippen LogP contribution in [0.4, 0.5) is 23.8 Å². The number of hydrogen-bond acceptors (Lipinski definition) is 5. The second kappa shape index (κ2) is 11.7. The van der Waals surface area contributed by atoms with Gasteiger partial charge in [-0.05, 0) is 86.6 Å². The van der Waals surface area contributed by atoms with Crippen molar-refractivity contribution in [2.45, 2.75) is 71.3 Å². The van der Waals surface area contributed by atoms with Gasteiger partial charge in [0.1, 0.15) is 11.9 Å². The van der Waals surface area contributed by atoms with Gasteiger partial charge in [0.2, 0.25) is 0 Å². The van der Waals surface area contributed by atoms with E-state index in [1.165, 1.54) is 4.90 Å². The topological polar surface area (TPSA) is 83.0 Å². The van der Waals surface area contributed by atoms with Crippen molar-refractivity contribution in [2.24, 2.45) is 0 Å². The third kappa shape index (κ3) is 6.22. The molecule has 0 aliphatic carbocycles. The molecule has 7 nitrogen and oxygen atoms in total. The van der Waals surface area contributed by atoms with Crippen LogP contribution in [0.2, 0.25) is 0 Å². The van der Waals surface area contributed by atoms with Crippen LogP contribution in [-0.4, -0.2) is 46.2 Å². The van der Waals surface area contributed by atoms with Crippen molar-refractivity contribution in [3.63, 3.8) is 0 Å². The molecule has 2 saturated heterocycles. The lowest BCUT2D eigenvalue weighted by molar-refractivity contribution is -0.138. The Kier molecular flexibility index (Phi) is 8.17. The van der Waals surface area contributed by atoms with Crippen molar-refractivity contribution in [1.29, 1.82) is 0 Å². The molecule has 1 amide bonds. The van der Waals surface area contributed by atoms with Gasteiger partial charge in [-0.15, -0.1) is 0 Å². The molecule has 0 saturated carbocycles. The number of alkyl halides is 3. The number of anilines is 1. The van der Waals surface area contributed by atoms with E-state index in [9.17, 15) is 22.8 Å². The third-order valence-electron chi connectivity index (χ3n) is 8.08. The molecule has 42 heavy (non-hydrogen) atoms. The van der Waals surface area contributed by atoms with Crippen molar-refractivity contribution in [2.75, 3.05) is 18.0 Å². The monoisotopic (exact) mass is 581 g/mol. The van der Waals surface area contributed by atoms with E-state index in [1.54, 1.807) is 19.9 Å². The number of ether oxygens (including phenoxy) is 1. The molecule has 2 aliphatic rings. The molecule has 2 atom stereocenters. The number of carboxylic acids is 1. The quantitative estimate of drug-likeness (QED) is 0.306. The fourth-order valence-corrected chi connectivity index (χ4v) is 5.81. The molecular formula is C32H34F3N3O4. The third-order valence-corrected chi connectivity index (χ3v) is 8.08. The fraction of sp³-hybridized carbons (Fsp3) is 0.406. The summed E-state index contributed by atoms with van der Waals surface area (Å²) in [7, 11) is 0. The minimum Gasteiger partial charge on any atom is -0.481 e. The molecule has 0 radical (unpaired) electrons. The highest BCUT2D eigenvalue weighted by molar-refractivity contribution is 5.74. The summed E-state index contributed by atoms with van der Waals surface area (Å²) in [5.74, 6) is -0.0716. The normalized spacial score (nSPS) is 19.0. The molecular weight excluding hydrogens is 547 g/mol. The first-order valence-corrected chi connectivity index (χ1v) is 14.1. The van der Waals surface area contributed by atoms with Gasteiger partial charge in [-0.25, -0.2) is 9.78 Å². The van der Waals surface area contributed by atoms with Crippen LogP contribution in [0.15, 0.2) is 48.5 Å². The van der Waals surface area contributed by atoms with Crippen LogP contribution >= 0.6 is 0 Å². The van der Waals surface area contributed by atoms with Crippen LogP contribution in [0, 0.1) is 13.8 Å². The summed E-state index contributed by atoms with van der Waals surface area (Å²) in [6.45, 7) is 7.19. The van der Waals surface area contributed by atoms with Crippen LogP contribution in [0.1, 0.15) is 65.8 Å². The Hall–Kier alpha value is -4.08. The summed E-state index contributed by atoms with van der Waals surface area (Å²) < 4.78 is 46.3. The number of carboxylic acid groups (broad SMARTS) is 1. The van der Waals surface area contributed by atoms with E-state index >= 15 is 0 Å². The highest BCUT2D eigenvalue weighted by Gasteiger charge is 2.41. The van der Waals surface area contributed by atoms with Crippen LogP contribution in [0.5, 0.6) is 0 Å². The van der Waals surface area contributed by atoms with Gasteiger partial charge in [-0.1, -0.05) is 29.8 Å². The van der Waals surface area contributed by atoms with Crippen LogP contribution < -0.4 is 4.90 Å². The molecule has 3 heterocycles. The number of aromatic nitrogens is 1. The fourth-order valence-electron chi connectivity index (χ4n) is 5.81. The van der Waals surface area contributed by atoms with Gasteiger partial charge in [0.15, 0.2) is 0 Å². The molecule has 2 aromatic carbocycles. The van der Waals surface area contributed by atoms with Crippen molar-refractivity contribution < 1.29 is 32.6 Å². The zero-order chi connectivity index (χ0) is 30.2. The summed E-state index contributed by atoms with van der Waals surface area (Å²) >= 11 is 0. The van der Waals surface area contributed by atoms with Gasteiger partial charge >= 0.3 is 18.2 Å². The summed E-state index contributed by atoms with van der Waals surface area (Å²) in [4.78, 5) is 33.1. The van der Waals surface area contributed by atoms with Gasteiger partial charge < -0.3 is 14.7 Å². The summed E-state index contributed by atoms with van der Waals surface area (Å²) in [6.07, 6.45) is -3.48. The number of carbonyl (C=O) groups is 2. The average Bonchev–Trinajstić information content (AvgIpc) is 3.57. The number of rotatable bonds is 8. The van der Waals surface area contributed by atoms with Crippen molar-refractivity contribution in [1.82, 2.24) is 9.88 Å². The second-order valence-corrected chi connectivity index (χ2v) is 11.2. The Morgan fingerprint density at radius 1 is 1.05 bits per heavy atom. The number of pyridine rings is 1. The Morgan fingerprint density at radius 2 is 1.79 bits per heavy atom. The number of nitrogens with zero attached hydrogens (tertiary/aromatic N) is 3. The Bertz CT molecular complexity index is 1500. The number of cyclic esters (lactones) is 1. The number of benzene rings is 2. The van der Waals surface area contributed by atoms with Crippen molar-refractivity contribution >= 4 is 17.9 Å². The Balaban J connectivity index is 1.50. The minimum absolute atomic E-state index is 0.00897. The first kappa shape index (κ1) is 29.4. The number of amides is 1. The number of halogens is 3. The molecule has 0 bridgehead atoms. The molecule has 5 rings (SSSR count). The lowest BCUT2D eigenvalue weighted by Gasteiger charge is -2.24. The molecule has 2 fully saturated rings. The van der Waals surface area contributed by atoms with E-state index in [-0.39, 0.29) is 13.0 Å². The molecule has 1 N–H and O–H groups in total. The van der Waals surface area contributed by atoms with E-state index in [1.807, 2.05) is 37.3 Å². The number of hydrogen-bond donors (Lipinski definition) is 1. The van der Waals surface area contributed by atoms with E-state index in [0.29, 0.717) is 23.2 Å². The van der Waals surface area contributed by atoms with Gasteiger partial charge in [0.05, 0.1) is 23.8 Å². The summed E-state index contributed by atoms with van der Waals surface area (Å²) in [5.41, 5.74) is 4.14. The highest BCUT2D eigenvalue weighted by Crippen LogP contribution is 2.39. The van der Waals surface area contributed by atoms with Crippen LogP contribution in [0.3, 0.4) is 0 Å². The minimum atomic E-state index is -4.52. The molecule has 0 spiro atoms. The molecule has 222 valence electrons. The molecule has 2 aliphatic heterocycles. The zero-order valence-corrected chi connectivity index (χ0v) is 23.9. The maximum absolute atomic E-state index is 13.5. The van der Waals surface area contributed by atoms with E-state index in [2.05, 4.69) is 4.90 Å². The van der Waals surface area contributed by atoms with Gasteiger partial charge in [0.25, 0.3) is 0 Å². The maximum atomic E-state index is 13.5. The zero-order valence-electron chi connectivity index (χ0n) is 23.9. The predicted molar refractivity (Wildman–Crippen MR) is 152 cm³/mol. The highest BCUT2D eigenvalue weighted by atomic mass is 19.4. The molecule has 0 unspecified atom stereocenters. The first-order chi connectivity index (χ1) is 19.9. The summed E-state index contributed by atoms with van der Waals surface area (Å²) in [6, 6.07) is 13.0. The standard InChI is InChI=1S/C32H34F3N3O4/c1-19-14-23(17-24(15-19)32(33,34)35)30-21(3)38(31(41)42-30)18-27-25(9-10-28(36-27)37-12-4-5-13-37)26-16-22(7-6-20(26)2)8-11-29(39)40/h6-7,9-10,14-17,21,30H,4-5,8,11-13,18H2,1-3H3,(H,39,40)/t21-,30-/m0/s1. The number of carbonyl (C=O) groups excluding carboxylic acids is 1. The van der Waals surface area contributed by atoms with Gasteiger partial charge in [-0.3, -0.25) is 9.69 Å². The lowest BCUT2D eigenvalue weighted by Crippen LogP contribution is -2.32. The number of aryl methyl sites for hydroxylation is 3. The van der Waals surface area contributed by atoms with E-state index < -0.39 is 35.9 Å². The number of aliphatic carboxylic acids is 1. The smallest absolute Gasteiger partial charge is 0.416 e. The predicted octanol–water partition coefficient (Wildman–Crippen LogP) is 7.08. The largest absolute Gasteiger partial charge is 0.481 e. The van der Waals surface area contributed by atoms with Gasteiger partial charge in [-0.2, -0.15) is 13.2 Å². The van der Waals surface area contributed by atoms with E-state index in [4.69, 9.17) is 14.8 Å². The molecule has 1 aromatic heterocycles. The first-order valence-electron chi connectivity index (χ1n) is 14.1. The maximum Gasteiger partial charge on any atom is 0.416 e. The second-order valence-electron chi connectivity index (χ2n) is 11.2. The Morgan fingerprint density at radius 3 is 2.48 bits per heavy atom. The Labute approximate surface area is 242 Å². The summed E-state index contributed by atoms with van der Waals surface area (Å²) in [5, 5.41) is 9.16. The van der Waals surface area contributed by atoms with Crippen LogP contribution in [0.25, 0.3) is 11.1 Å². The average molecular weight is 582 g/mol. The molecule has 3 aromatic rings. The lowest BCUT2D eigenvalue weighted by atomic mass is 9.94. The van der Waals surface area contributed by atoms with Crippen LogP contribution in [-0.2, 0) is 28.7 Å². The van der Waals surface area contributed by atoms with E-state index in [0.717, 1.165) is 66.1 Å². The van der Waals surface area contributed by atoms with Crippen molar-refractivity contribution in [3.8, 4) is 11.1 Å². The molecule has 10 heteroatoms. The van der Waals surface area contributed by atoms with Crippen molar-refractivity contribution in [3.05, 3.63) is 82.0 Å².